The lowest BCUT2D eigenvalue weighted by Gasteiger charge is -2.49. The predicted octanol–water partition coefficient (Wildman–Crippen LogP) is 2.48. The van der Waals surface area contributed by atoms with Crippen LogP contribution in [-0.4, -0.2) is 73.4 Å². The highest BCUT2D eigenvalue weighted by atomic mass is 32.2. The van der Waals surface area contributed by atoms with Crippen LogP contribution in [0.1, 0.15) is 51.4 Å². The maximum atomic E-state index is 5.75. The van der Waals surface area contributed by atoms with Crippen molar-refractivity contribution in [1.29, 1.82) is 0 Å². The van der Waals surface area contributed by atoms with Crippen molar-refractivity contribution in [2.75, 3.05) is 50.9 Å². The summed E-state index contributed by atoms with van der Waals surface area (Å²) in [6.07, 6.45) is 11.2. The molecule has 0 bridgehead atoms. The smallest absolute Gasteiger partial charge is 0.0623 e. The average molecular weight is 368 g/mol. The van der Waals surface area contributed by atoms with Crippen LogP contribution in [-0.2, 0) is 4.74 Å². The Morgan fingerprint density at radius 1 is 1.08 bits per heavy atom. The van der Waals surface area contributed by atoms with Crippen LogP contribution in [0.3, 0.4) is 0 Å². The third-order valence-electron chi connectivity index (χ3n) is 7.20. The molecule has 3 unspecified atom stereocenters. The summed E-state index contributed by atoms with van der Waals surface area (Å²) in [5, 5.41) is 7.82. The summed E-state index contributed by atoms with van der Waals surface area (Å²) in [7, 11) is 0. The van der Waals surface area contributed by atoms with Crippen LogP contribution in [0.15, 0.2) is 0 Å². The molecule has 2 saturated carbocycles. The van der Waals surface area contributed by atoms with E-state index < -0.39 is 0 Å². The SMILES string of the molecule is C1CCC(CNC2CCCC2C2COCCN2)(N2CCSCC2)CC1. The number of morpholine rings is 1. The topological polar surface area (TPSA) is 36.5 Å². The van der Waals surface area contributed by atoms with Gasteiger partial charge in [0.05, 0.1) is 13.2 Å². The predicted molar refractivity (Wildman–Crippen MR) is 106 cm³/mol. The number of rotatable bonds is 5. The van der Waals surface area contributed by atoms with Gasteiger partial charge >= 0.3 is 0 Å². The third kappa shape index (κ3) is 4.37. The molecule has 25 heavy (non-hydrogen) atoms. The van der Waals surface area contributed by atoms with Crippen molar-refractivity contribution in [1.82, 2.24) is 15.5 Å². The van der Waals surface area contributed by atoms with Crippen molar-refractivity contribution in [3.8, 4) is 0 Å². The largest absolute Gasteiger partial charge is 0.379 e. The first-order chi connectivity index (χ1) is 12.4. The number of nitrogens with zero attached hydrogens (tertiary/aromatic N) is 1. The van der Waals surface area contributed by atoms with Gasteiger partial charge < -0.3 is 15.4 Å². The van der Waals surface area contributed by atoms with Crippen LogP contribution >= 0.6 is 11.8 Å². The lowest BCUT2D eigenvalue weighted by Crippen LogP contribution is -2.60. The Morgan fingerprint density at radius 2 is 1.92 bits per heavy atom. The molecule has 0 spiro atoms. The summed E-state index contributed by atoms with van der Waals surface area (Å²) < 4.78 is 5.75. The van der Waals surface area contributed by atoms with E-state index in [1.54, 1.807) is 0 Å². The molecule has 2 aliphatic carbocycles. The van der Waals surface area contributed by atoms with E-state index >= 15 is 0 Å². The van der Waals surface area contributed by atoms with Gasteiger partial charge in [0.1, 0.15) is 0 Å². The first kappa shape index (κ1) is 18.5. The normalized spacial score (nSPS) is 37.2. The minimum absolute atomic E-state index is 0.447. The zero-order valence-corrected chi connectivity index (χ0v) is 16.6. The van der Waals surface area contributed by atoms with Gasteiger partial charge in [-0.25, -0.2) is 0 Å². The fraction of sp³-hybridized carbons (Fsp3) is 1.00. The molecule has 2 heterocycles. The summed E-state index contributed by atoms with van der Waals surface area (Å²) in [5.74, 6) is 3.42. The van der Waals surface area contributed by atoms with Gasteiger partial charge in [-0.15, -0.1) is 0 Å². The minimum atomic E-state index is 0.447. The van der Waals surface area contributed by atoms with E-state index in [1.807, 2.05) is 0 Å². The quantitative estimate of drug-likeness (QED) is 0.781. The number of hydrogen-bond donors (Lipinski definition) is 2. The molecule has 2 aliphatic heterocycles. The molecule has 4 fully saturated rings. The zero-order chi connectivity index (χ0) is 17.0. The maximum absolute atomic E-state index is 5.75. The Morgan fingerprint density at radius 3 is 2.68 bits per heavy atom. The molecule has 5 heteroatoms. The van der Waals surface area contributed by atoms with E-state index in [1.165, 1.54) is 82.5 Å². The summed E-state index contributed by atoms with van der Waals surface area (Å²) in [5.41, 5.74) is 0.447. The molecule has 4 aliphatic rings. The van der Waals surface area contributed by atoms with Crippen molar-refractivity contribution in [3.05, 3.63) is 0 Å². The molecule has 4 rings (SSSR count). The van der Waals surface area contributed by atoms with E-state index in [9.17, 15) is 0 Å². The van der Waals surface area contributed by atoms with Crippen molar-refractivity contribution in [3.63, 3.8) is 0 Å². The second-order valence-electron chi connectivity index (χ2n) is 8.60. The van der Waals surface area contributed by atoms with E-state index in [4.69, 9.17) is 4.74 Å². The van der Waals surface area contributed by atoms with Crippen LogP contribution in [0.2, 0.25) is 0 Å². The molecule has 3 atom stereocenters. The van der Waals surface area contributed by atoms with E-state index in [2.05, 4.69) is 27.3 Å². The van der Waals surface area contributed by atoms with E-state index in [0.717, 1.165) is 25.7 Å². The van der Waals surface area contributed by atoms with Gasteiger partial charge in [0, 0.05) is 55.3 Å². The van der Waals surface area contributed by atoms with Gasteiger partial charge in [-0.3, -0.25) is 4.90 Å². The Labute approximate surface area is 158 Å². The van der Waals surface area contributed by atoms with Crippen molar-refractivity contribution in [2.24, 2.45) is 5.92 Å². The number of thioether (sulfide) groups is 1. The molecule has 0 aromatic carbocycles. The zero-order valence-electron chi connectivity index (χ0n) is 15.8. The molecular formula is C20H37N3OS. The van der Waals surface area contributed by atoms with Crippen LogP contribution in [0.4, 0.5) is 0 Å². The fourth-order valence-electron chi connectivity index (χ4n) is 5.76. The number of nitrogens with one attached hydrogen (secondary N) is 2. The van der Waals surface area contributed by atoms with E-state index in [0.29, 0.717) is 17.6 Å². The Hall–Kier alpha value is 0.190. The number of ether oxygens (including phenoxy) is 1. The minimum Gasteiger partial charge on any atom is -0.379 e. The number of hydrogen-bond acceptors (Lipinski definition) is 5. The Kier molecular flexibility index (Phi) is 6.62. The Bertz CT molecular complexity index is 404. The van der Waals surface area contributed by atoms with Gasteiger partial charge in [0.2, 0.25) is 0 Å². The maximum Gasteiger partial charge on any atom is 0.0623 e. The first-order valence-corrected chi connectivity index (χ1v) is 11.9. The highest BCUT2D eigenvalue weighted by molar-refractivity contribution is 7.99. The summed E-state index contributed by atoms with van der Waals surface area (Å²) in [6.45, 7) is 6.65. The molecule has 2 N–H and O–H groups in total. The molecule has 0 aromatic rings. The van der Waals surface area contributed by atoms with Gasteiger partial charge in [0.25, 0.3) is 0 Å². The third-order valence-corrected chi connectivity index (χ3v) is 8.14. The van der Waals surface area contributed by atoms with Crippen LogP contribution < -0.4 is 10.6 Å². The summed E-state index contributed by atoms with van der Waals surface area (Å²) in [4.78, 5) is 2.86. The first-order valence-electron chi connectivity index (χ1n) is 10.7. The van der Waals surface area contributed by atoms with Crippen LogP contribution in [0.5, 0.6) is 0 Å². The summed E-state index contributed by atoms with van der Waals surface area (Å²) >= 11 is 2.14. The fourth-order valence-corrected chi connectivity index (χ4v) is 6.66. The van der Waals surface area contributed by atoms with Gasteiger partial charge in [-0.05, 0) is 31.6 Å². The molecular weight excluding hydrogens is 330 g/mol. The molecule has 0 amide bonds. The van der Waals surface area contributed by atoms with Crippen molar-refractivity contribution in [2.45, 2.75) is 69.0 Å². The van der Waals surface area contributed by atoms with Crippen molar-refractivity contribution < 1.29 is 4.74 Å². The summed E-state index contributed by atoms with van der Waals surface area (Å²) in [6, 6.07) is 1.26. The monoisotopic (exact) mass is 367 g/mol. The molecule has 2 saturated heterocycles. The van der Waals surface area contributed by atoms with Gasteiger partial charge in [-0.1, -0.05) is 25.7 Å². The lowest BCUT2D eigenvalue weighted by atomic mass is 9.79. The van der Waals surface area contributed by atoms with Gasteiger partial charge in [-0.2, -0.15) is 11.8 Å². The molecule has 4 nitrogen and oxygen atoms in total. The highest BCUT2D eigenvalue weighted by Gasteiger charge is 2.41. The van der Waals surface area contributed by atoms with E-state index in [-0.39, 0.29) is 0 Å². The van der Waals surface area contributed by atoms with Gasteiger partial charge in [0.15, 0.2) is 0 Å². The average Bonchev–Trinajstić information content (AvgIpc) is 3.17. The molecule has 0 radical (unpaired) electrons. The molecule has 144 valence electrons. The second kappa shape index (κ2) is 8.92. The standard InChI is InChI=1S/C20H37N3OS/c1-2-7-20(8-3-1,23-10-13-25-14-11-23)16-22-18-6-4-5-17(18)19-15-24-12-9-21-19/h17-19,21-22H,1-16H2. The van der Waals surface area contributed by atoms with Crippen molar-refractivity contribution >= 4 is 11.8 Å². The molecule has 0 aromatic heterocycles. The Balaban J connectivity index is 1.38. The second-order valence-corrected chi connectivity index (χ2v) is 9.83. The van der Waals surface area contributed by atoms with Crippen LogP contribution in [0.25, 0.3) is 0 Å². The van der Waals surface area contributed by atoms with Crippen LogP contribution in [0, 0.1) is 5.92 Å². The highest BCUT2D eigenvalue weighted by Crippen LogP contribution is 2.36. The lowest BCUT2D eigenvalue weighted by molar-refractivity contribution is 0.0407.